The molecule has 2 aliphatic heterocycles. The van der Waals surface area contributed by atoms with E-state index in [0.717, 1.165) is 18.6 Å². The first-order valence-corrected chi connectivity index (χ1v) is 9.03. The Hall–Kier alpha value is -1.10. The van der Waals surface area contributed by atoms with Gasteiger partial charge in [-0.1, -0.05) is 6.42 Å². The molecule has 1 atom stereocenters. The van der Waals surface area contributed by atoms with Crippen LogP contribution in [0.5, 0.6) is 5.75 Å². The fourth-order valence-electron chi connectivity index (χ4n) is 3.79. The number of halogens is 1. The summed E-state index contributed by atoms with van der Waals surface area (Å²) in [5, 5.41) is 0. The Bertz CT molecular complexity index is 489. The molecular weight excluding hydrogens is 324 g/mol. The highest BCUT2D eigenvalue weighted by Crippen LogP contribution is 2.23. The van der Waals surface area contributed by atoms with Crippen LogP contribution in [0.1, 0.15) is 48.9 Å². The number of hydrogen-bond acceptors (Lipinski definition) is 4. The minimum atomic E-state index is 0. The maximum absolute atomic E-state index is 10.7. The number of likely N-dealkylation sites (tertiary alicyclic amines) is 2. The predicted molar refractivity (Wildman–Crippen MR) is 99.2 cm³/mol. The highest BCUT2D eigenvalue weighted by atomic mass is 35.5. The average molecular weight is 353 g/mol. The Labute approximate surface area is 151 Å². The molecule has 0 aromatic heterocycles. The second-order valence-corrected chi connectivity index (χ2v) is 6.64. The van der Waals surface area contributed by atoms with Crippen LogP contribution in [-0.2, 0) is 0 Å². The van der Waals surface area contributed by atoms with Crippen LogP contribution >= 0.6 is 12.4 Å². The maximum atomic E-state index is 10.7. The third-order valence-corrected chi connectivity index (χ3v) is 5.05. The minimum absolute atomic E-state index is 0. The Morgan fingerprint density at radius 1 is 1.00 bits per heavy atom. The maximum Gasteiger partial charge on any atom is 0.150 e. The molecule has 1 aromatic rings. The smallest absolute Gasteiger partial charge is 0.150 e. The molecule has 0 bridgehead atoms. The molecule has 0 spiro atoms. The van der Waals surface area contributed by atoms with E-state index in [1.54, 1.807) is 12.1 Å². The molecule has 0 saturated carbocycles. The van der Waals surface area contributed by atoms with Gasteiger partial charge in [0.05, 0.1) is 6.17 Å². The number of hydrogen-bond donors (Lipinski definition) is 0. The Balaban J connectivity index is 0.00000208. The summed E-state index contributed by atoms with van der Waals surface area (Å²) in [5.74, 6) is 0.849. The SMILES string of the molecule is Cl.O=Cc1ccc(OCCN2CCCCC2N2CCCCC2)cc1. The number of nitrogens with zero attached hydrogens (tertiary/aromatic N) is 2. The Kier molecular flexibility index (Phi) is 8.03. The van der Waals surface area contributed by atoms with Crippen LogP contribution in [0.15, 0.2) is 24.3 Å². The Morgan fingerprint density at radius 2 is 1.71 bits per heavy atom. The van der Waals surface area contributed by atoms with Crippen LogP contribution in [0.25, 0.3) is 0 Å². The number of ether oxygens (including phenoxy) is 1. The molecule has 2 fully saturated rings. The van der Waals surface area contributed by atoms with Crippen molar-refractivity contribution in [3.05, 3.63) is 29.8 Å². The molecule has 1 aromatic carbocycles. The average Bonchev–Trinajstić information content (AvgIpc) is 2.63. The van der Waals surface area contributed by atoms with Gasteiger partial charge in [0.25, 0.3) is 0 Å². The number of benzene rings is 1. The third kappa shape index (κ3) is 5.20. The van der Waals surface area contributed by atoms with Crippen LogP contribution in [-0.4, -0.2) is 55.0 Å². The van der Waals surface area contributed by atoms with Crippen molar-refractivity contribution in [2.75, 3.05) is 32.8 Å². The van der Waals surface area contributed by atoms with Crippen molar-refractivity contribution < 1.29 is 9.53 Å². The van der Waals surface area contributed by atoms with Crippen LogP contribution in [0.3, 0.4) is 0 Å². The summed E-state index contributed by atoms with van der Waals surface area (Å²) in [5.41, 5.74) is 0.693. The van der Waals surface area contributed by atoms with E-state index in [0.29, 0.717) is 18.3 Å². The number of rotatable bonds is 6. The first-order valence-electron chi connectivity index (χ1n) is 9.03. The van der Waals surface area contributed by atoms with E-state index in [-0.39, 0.29) is 12.4 Å². The summed E-state index contributed by atoms with van der Waals surface area (Å²) in [4.78, 5) is 16.0. The summed E-state index contributed by atoms with van der Waals surface area (Å²) in [6, 6.07) is 7.36. The molecule has 3 rings (SSSR count). The normalized spacial score (nSPS) is 22.6. The molecule has 134 valence electrons. The van der Waals surface area contributed by atoms with Gasteiger partial charge in [-0.3, -0.25) is 14.6 Å². The topological polar surface area (TPSA) is 32.8 Å². The van der Waals surface area contributed by atoms with Crippen molar-refractivity contribution in [2.24, 2.45) is 0 Å². The van der Waals surface area contributed by atoms with Gasteiger partial charge in [0, 0.05) is 12.1 Å². The molecule has 2 heterocycles. The van der Waals surface area contributed by atoms with Gasteiger partial charge < -0.3 is 4.74 Å². The van der Waals surface area contributed by atoms with Gasteiger partial charge in [0.15, 0.2) is 0 Å². The first-order chi connectivity index (χ1) is 11.4. The lowest BCUT2D eigenvalue weighted by Gasteiger charge is -2.44. The zero-order chi connectivity index (χ0) is 15.9. The lowest BCUT2D eigenvalue weighted by molar-refractivity contribution is -0.00337. The summed E-state index contributed by atoms with van der Waals surface area (Å²) in [6.07, 6.45) is 9.53. The van der Waals surface area contributed by atoms with Crippen molar-refractivity contribution in [3.63, 3.8) is 0 Å². The summed E-state index contributed by atoms with van der Waals surface area (Å²) in [7, 11) is 0. The molecule has 0 N–H and O–H groups in total. The van der Waals surface area contributed by atoms with Crippen LogP contribution in [0.4, 0.5) is 0 Å². The van der Waals surface area contributed by atoms with Crippen molar-refractivity contribution >= 4 is 18.7 Å². The monoisotopic (exact) mass is 352 g/mol. The first kappa shape index (κ1) is 19.2. The lowest BCUT2D eigenvalue weighted by Crippen LogP contribution is -2.53. The van der Waals surface area contributed by atoms with Crippen LogP contribution in [0, 0.1) is 0 Å². The van der Waals surface area contributed by atoms with Crippen molar-refractivity contribution in [3.8, 4) is 5.75 Å². The molecule has 0 amide bonds. The fraction of sp³-hybridized carbons (Fsp3) is 0.632. The van der Waals surface area contributed by atoms with E-state index in [1.807, 2.05) is 12.1 Å². The van der Waals surface area contributed by atoms with Gasteiger partial charge in [-0.25, -0.2) is 0 Å². The van der Waals surface area contributed by atoms with Gasteiger partial charge in [-0.15, -0.1) is 12.4 Å². The standard InChI is InChI=1S/C19H28N2O2.ClH/c22-16-17-7-9-18(10-8-17)23-15-14-21-13-5-2-6-19(21)20-11-3-1-4-12-20;/h7-10,16,19H,1-6,11-15H2;1H. The summed E-state index contributed by atoms with van der Waals surface area (Å²) in [6.45, 7) is 5.40. The second-order valence-electron chi connectivity index (χ2n) is 6.64. The van der Waals surface area contributed by atoms with Gasteiger partial charge >= 0.3 is 0 Å². The van der Waals surface area contributed by atoms with Crippen LogP contribution in [0.2, 0.25) is 0 Å². The molecule has 5 heteroatoms. The summed E-state index contributed by atoms with van der Waals surface area (Å²) >= 11 is 0. The van der Waals surface area contributed by atoms with Gasteiger partial charge in [-0.05, 0) is 76.0 Å². The largest absolute Gasteiger partial charge is 0.492 e. The highest BCUT2D eigenvalue weighted by Gasteiger charge is 2.28. The number of carbonyl (C=O) groups is 1. The molecule has 1 unspecified atom stereocenters. The van der Waals surface area contributed by atoms with Crippen molar-refractivity contribution in [1.82, 2.24) is 9.80 Å². The minimum Gasteiger partial charge on any atom is -0.492 e. The van der Waals surface area contributed by atoms with Gasteiger partial charge in [0.2, 0.25) is 0 Å². The van der Waals surface area contributed by atoms with Crippen molar-refractivity contribution in [1.29, 1.82) is 0 Å². The highest BCUT2D eigenvalue weighted by molar-refractivity contribution is 5.85. The molecule has 24 heavy (non-hydrogen) atoms. The van der Waals surface area contributed by atoms with E-state index < -0.39 is 0 Å². The molecule has 2 saturated heterocycles. The lowest BCUT2D eigenvalue weighted by atomic mass is 10.0. The number of aldehydes is 1. The number of piperidine rings is 2. The van der Waals surface area contributed by atoms with E-state index in [2.05, 4.69) is 9.80 Å². The molecule has 4 nitrogen and oxygen atoms in total. The van der Waals surface area contributed by atoms with E-state index >= 15 is 0 Å². The Morgan fingerprint density at radius 3 is 2.42 bits per heavy atom. The van der Waals surface area contributed by atoms with E-state index in [4.69, 9.17) is 4.74 Å². The van der Waals surface area contributed by atoms with Crippen molar-refractivity contribution in [2.45, 2.75) is 44.7 Å². The predicted octanol–water partition coefficient (Wildman–Crippen LogP) is 3.60. The molecule has 0 aliphatic carbocycles. The molecular formula is C19H29ClN2O2. The zero-order valence-electron chi connectivity index (χ0n) is 14.4. The quantitative estimate of drug-likeness (QED) is 0.732. The van der Waals surface area contributed by atoms with Gasteiger partial charge in [0.1, 0.15) is 18.6 Å². The molecule has 0 radical (unpaired) electrons. The van der Waals surface area contributed by atoms with Gasteiger partial charge in [-0.2, -0.15) is 0 Å². The zero-order valence-corrected chi connectivity index (χ0v) is 15.2. The van der Waals surface area contributed by atoms with E-state index in [1.165, 1.54) is 58.2 Å². The second kappa shape index (κ2) is 10.0. The number of carbonyl (C=O) groups excluding carboxylic acids is 1. The third-order valence-electron chi connectivity index (χ3n) is 5.05. The molecule has 2 aliphatic rings. The van der Waals surface area contributed by atoms with Crippen LogP contribution < -0.4 is 4.74 Å². The summed E-state index contributed by atoms with van der Waals surface area (Å²) < 4.78 is 5.87. The fourth-order valence-corrected chi connectivity index (χ4v) is 3.79. The van der Waals surface area contributed by atoms with E-state index in [9.17, 15) is 4.79 Å².